The molecule has 0 spiro atoms. The number of imidazole rings is 2. The van der Waals surface area contributed by atoms with Gasteiger partial charge in [-0.1, -0.05) is 0 Å². The number of anilines is 1. The number of nitrogens with zero attached hydrogens (tertiary/aromatic N) is 7. The summed E-state index contributed by atoms with van der Waals surface area (Å²) >= 11 is 0. The van der Waals surface area contributed by atoms with Gasteiger partial charge in [0.2, 0.25) is 12.3 Å². The number of rotatable bonds is 7. The van der Waals surface area contributed by atoms with E-state index >= 15 is 0 Å². The summed E-state index contributed by atoms with van der Waals surface area (Å²) in [5.74, 6) is 0.596. The second-order valence-electron chi connectivity index (χ2n) is 5.95. The molecule has 0 aliphatic heterocycles. The molecule has 3 aromatic rings. The molecule has 0 atom stereocenters. The van der Waals surface area contributed by atoms with E-state index in [1.54, 1.807) is 6.20 Å². The summed E-state index contributed by atoms with van der Waals surface area (Å²) in [5, 5.41) is 8.42. The Morgan fingerprint density at radius 3 is 2.56 bits per heavy atom. The topological polar surface area (TPSA) is 54.6 Å². The third-order valence-electron chi connectivity index (χ3n) is 4.10. The van der Waals surface area contributed by atoms with Gasteiger partial charge in [0.15, 0.2) is 0 Å². The van der Waals surface area contributed by atoms with Crippen LogP contribution in [0.15, 0.2) is 65.6 Å². The molecule has 0 fully saturated rings. The van der Waals surface area contributed by atoms with Gasteiger partial charge in [-0.05, 0) is 31.2 Å². The van der Waals surface area contributed by atoms with Crippen LogP contribution in [-0.4, -0.2) is 27.2 Å². The van der Waals surface area contributed by atoms with Crippen LogP contribution in [0.1, 0.15) is 6.92 Å². The van der Waals surface area contributed by atoms with Crippen LogP contribution in [0.5, 0.6) is 0 Å². The molecule has 2 aromatic heterocycles. The fraction of sp³-hybridized carbons (Fsp3) is 0.333. The fourth-order valence-corrected chi connectivity index (χ4v) is 2.63. The molecule has 3 rings (SSSR count). The fourth-order valence-electron chi connectivity index (χ4n) is 2.63. The average Bonchev–Trinajstić information content (AvgIpc) is 3.23. The van der Waals surface area contributed by atoms with Gasteiger partial charge in [0.1, 0.15) is 18.9 Å². The predicted molar refractivity (Wildman–Crippen MR) is 97.3 cm³/mol. The first-order valence-electron chi connectivity index (χ1n) is 8.41. The summed E-state index contributed by atoms with van der Waals surface area (Å²) < 4.78 is 6.08. The van der Waals surface area contributed by atoms with Crippen molar-refractivity contribution in [1.82, 2.24) is 14.1 Å². The van der Waals surface area contributed by atoms with E-state index in [-0.39, 0.29) is 0 Å². The van der Waals surface area contributed by atoms with Crippen LogP contribution < -0.4 is 9.47 Å². The van der Waals surface area contributed by atoms with Gasteiger partial charge in [-0.2, -0.15) is 0 Å². The zero-order valence-corrected chi connectivity index (χ0v) is 14.9. The summed E-state index contributed by atoms with van der Waals surface area (Å²) in [4.78, 5) is 6.48. The van der Waals surface area contributed by atoms with E-state index in [9.17, 15) is 0 Å². The third-order valence-corrected chi connectivity index (χ3v) is 4.10. The molecule has 25 heavy (non-hydrogen) atoms. The first-order valence-corrected chi connectivity index (χ1v) is 8.41. The molecule has 0 aliphatic carbocycles. The second-order valence-corrected chi connectivity index (χ2v) is 5.95. The van der Waals surface area contributed by atoms with Crippen LogP contribution in [0.25, 0.3) is 0 Å². The Hall–Kier alpha value is -2.96. The van der Waals surface area contributed by atoms with E-state index in [4.69, 9.17) is 0 Å². The molecule has 0 amide bonds. The zero-order chi connectivity index (χ0) is 17.6. The van der Waals surface area contributed by atoms with Crippen molar-refractivity contribution in [2.24, 2.45) is 24.3 Å². The van der Waals surface area contributed by atoms with Gasteiger partial charge in [-0.15, -0.1) is 10.2 Å². The van der Waals surface area contributed by atoms with E-state index in [0.29, 0.717) is 5.95 Å². The lowest BCUT2D eigenvalue weighted by molar-refractivity contribution is -0.671. The van der Waals surface area contributed by atoms with Crippen LogP contribution in [0.3, 0.4) is 0 Å². The van der Waals surface area contributed by atoms with Crippen molar-refractivity contribution < 1.29 is 4.57 Å². The Morgan fingerprint density at radius 1 is 1.16 bits per heavy atom. The summed E-state index contributed by atoms with van der Waals surface area (Å²) in [5.41, 5.74) is 2.01. The lowest BCUT2D eigenvalue weighted by Gasteiger charge is -2.22. The van der Waals surface area contributed by atoms with Crippen LogP contribution in [0, 0.1) is 0 Å². The van der Waals surface area contributed by atoms with Crippen LogP contribution >= 0.6 is 0 Å². The lowest BCUT2D eigenvalue weighted by Crippen LogP contribution is -2.28. The number of benzene rings is 1. The standard InChI is InChI=1S/C18H24N7/c1-4-25(14-13-24-12-11-22(2)15-24)17-7-5-16(6-8-17)20-21-18-19-9-10-23(18)3/h5-12,15H,4,13-14H2,1-3H3/q+1/b21-20+. The molecule has 0 aliphatic rings. The minimum Gasteiger partial charge on any atom is -0.368 e. The molecule has 0 saturated carbocycles. The van der Waals surface area contributed by atoms with Gasteiger partial charge in [0, 0.05) is 31.7 Å². The SMILES string of the molecule is CCN(CCn1cc[n+](C)c1)c1ccc(/N=N/c2nccn2C)cc1. The predicted octanol–water partition coefficient (Wildman–Crippen LogP) is 2.99. The van der Waals surface area contributed by atoms with Gasteiger partial charge in [0.25, 0.3) is 0 Å². The molecule has 130 valence electrons. The van der Waals surface area contributed by atoms with Crippen LogP contribution in [0.4, 0.5) is 17.3 Å². The van der Waals surface area contributed by atoms with E-state index in [2.05, 4.69) is 67.0 Å². The summed E-state index contributed by atoms with van der Waals surface area (Å²) in [6.07, 6.45) is 9.80. The van der Waals surface area contributed by atoms with E-state index in [1.807, 2.05) is 37.0 Å². The van der Waals surface area contributed by atoms with Crippen molar-refractivity contribution in [3.8, 4) is 0 Å². The molecule has 0 N–H and O–H groups in total. The third kappa shape index (κ3) is 4.32. The first kappa shape index (κ1) is 16.9. The highest BCUT2D eigenvalue weighted by molar-refractivity contribution is 5.52. The smallest absolute Gasteiger partial charge is 0.249 e. The molecule has 0 radical (unpaired) electrons. The Kier molecular flexibility index (Phi) is 5.23. The summed E-state index contributed by atoms with van der Waals surface area (Å²) in [7, 11) is 3.93. The molecular formula is C18H24N7+. The minimum atomic E-state index is 0.596. The number of hydrogen-bond acceptors (Lipinski definition) is 4. The first-order chi connectivity index (χ1) is 12.2. The number of azo groups is 1. The van der Waals surface area contributed by atoms with Crippen molar-refractivity contribution in [2.75, 3.05) is 18.0 Å². The highest BCUT2D eigenvalue weighted by atomic mass is 15.2. The molecule has 0 saturated heterocycles. The molecule has 7 heteroatoms. The summed E-state index contributed by atoms with van der Waals surface area (Å²) in [6.45, 7) is 5.04. The highest BCUT2D eigenvalue weighted by Crippen LogP contribution is 2.21. The molecule has 2 heterocycles. The van der Waals surface area contributed by atoms with Gasteiger partial charge < -0.3 is 9.47 Å². The molecule has 1 aromatic carbocycles. The Balaban J connectivity index is 1.63. The maximum absolute atomic E-state index is 4.25. The van der Waals surface area contributed by atoms with Crippen molar-refractivity contribution in [3.63, 3.8) is 0 Å². The van der Waals surface area contributed by atoms with E-state index in [1.165, 1.54) is 5.69 Å². The number of likely N-dealkylation sites (N-methyl/N-ethyl adjacent to an activating group) is 1. The quantitative estimate of drug-likeness (QED) is 0.491. The molecule has 0 unspecified atom stereocenters. The van der Waals surface area contributed by atoms with Crippen molar-refractivity contribution in [1.29, 1.82) is 0 Å². The van der Waals surface area contributed by atoms with E-state index in [0.717, 1.165) is 25.3 Å². The number of aromatic nitrogens is 4. The van der Waals surface area contributed by atoms with Crippen molar-refractivity contribution in [2.45, 2.75) is 13.5 Å². The molecule has 0 bridgehead atoms. The van der Waals surface area contributed by atoms with Crippen LogP contribution in [0.2, 0.25) is 0 Å². The monoisotopic (exact) mass is 338 g/mol. The maximum Gasteiger partial charge on any atom is 0.249 e. The Bertz CT molecular complexity index is 829. The normalized spacial score (nSPS) is 11.3. The molecule has 7 nitrogen and oxygen atoms in total. The van der Waals surface area contributed by atoms with Gasteiger partial charge >= 0.3 is 0 Å². The lowest BCUT2D eigenvalue weighted by atomic mass is 10.2. The number of aryl methyl sites for hydroxylation is 2. The zero-order valence-electron chi connectivity index (χ0n) is 14.9. The van der Waals surface area contributed by atoms with Gasteiger partial charge in [-0.25, -0.2) is 14.1 Å². The van der Waals surface area contributed by atoms with Gasteiger partial charge in [-0.3, -0.25) is 0 Å². The van der Waals surface area contributed by atoms with Crippen molar-refractivity contribution >= 4 is 17.3 Å². The van der Waals surface area contributed by atoms with Crippen molar-refractivity contribution in [3.05, 3.63) is 55.4 Å². The highest BCUT2D eigenvalue weighted by Gasteiger charge is 2.07. The van der Waals surface area contributed by atoms with Gasteiger partial charge in [0.05, 0.1) is 19.3 Å². The average molecular weight is 338 g/mol. The summed E-state index contributed by atoms with van der Waals surface area (Å²) in [6, 6.07) is 8.15. The maximum atomic E-state index is 4.25. The molecular weight excluding hydrogens is 314 g/mol. The number of hydrogen-bond donors (Lipinski definition) is 0. The minimum absolute atomic E-state index is 0.596. The van der Waals surface area contributed by atoms with E-state index < -0.39 is 0 Å². The van der Waals surface area contributed by atoms with Crippen LogP contribution in [-0.2, 0) is 20.6 Å². The second kappa shape index (κ2) is 7.74. The Labute approximate surface area is 147 Å². The Morgan fingerprint density at radius 2 is 1.96 bits per heavy atom. The largest absolute Gasteiger partial charge is 0.368 e.